The summed E-state index contributed by atoms with van der Waals surface area (Å²) < 4.78 is 40.5. The molecule has 2 N–H and O–H groups in total. The summed E-state index contributed by atoms with van der Waals surface area (Å²) in [5, 5.41) is 20.1. The third-order valence-corrected chi connectivity index (χ3v) is 5.32. The lowest BCUT2D eigenvalue weighted by Gasteiger charge is -2.20. The van der Waals surface area contributed by atoms with Crippen molar-refractivity contribution in [3.05, 3.63) is 70.4 Å². The lowest BCUT2D eigenvalue weighted by Crippen LogP contribution is -2.16. The van der Waals surface area contributed by atoms with Crippen molar-refractivity contribution in [1.29, 1.82) is 0 Å². The standard InChI is InChI=1S/C21H16F3NO3/c1-11-5-7-12(8-6-11)20(9-10-20)18-17(26)15(19(27)28)13-3-2-4-14(16(13)25-18)21(22,23)24/h2-8,26H,9-10H2,1H3,(H,27,28). The van der Waals surface area contributed by atoms with E-state index in [1.165, 1.54) is 6.07 Å². The van der Waals surface area contributed by atoms with E-state index in [-0.39, 0.29) is 11.1 Å². The van der Waals surface area contributed by atoms with Crippen molar-refractivity contribution in [2.75, 3.05) is 0 Å². The molecule has 3 aromatic rings. The Morgan fingerprint density at radius 1 is 1.11 bits per heavy atom. The average Bonchev–Trinajstić information content (AvgIpc) is 3.41. The van der Waals surface area contributed by atoms with Crippen LogP contribution < -0.4 is 0 Å². The first-order valence-corrected chi connectivity index (χ1v) is 8.69. The minimum atomic E-state index is -4.70. The van der Waals surface area contributed by atoms with Gasteiger partial charge in [-0.05, 0) is 31.4 Å². The molecule has 4 nitrogen and oxygen atoms in total. The fourth-order valence-electron chi connectivity index (χ4n) is 3.72. The summed E-state index contributed by atoms with van der Waals surface area (Å²) in [5.41, 5.74) is -1.02. The zero-order valence-electron chi connectivity index (χ0n) is 14.8. The minimum absolute atomic E-state index is 0.0158. The maximum Gasteiger partial charge on any atom is 0.418 e. The van der Waals surface area contributed by atoms with Crippen molar-refractivity contribution in [3.8, 4) is 5.75 Å². The van der Waals surface area contributed by atoms with E-state index in [1.54, 1.807) is 0 Å². The highest BCUT2D eigenvalue weighted by Crippen LogP contribution is 2.56. The summed E-state index contributed by atoms with van der Waals surface area (Å²) in [6.07, 6.45) is -3.57. The van der Waals surface area contributed by atoms with Gasteiger partial charge in [0.2, 0.25) is 0 Å². The Morgan fingerprint density at radius 3 is 2.29 bits per heavy atom. The normalized spacial score (nSPS) is 15.6. The first kappa shape index (κ1) is 18.3. The topological polar surface area (TPSA) is 70.4 Å². The van der Waals surface area contributed by atoms with Gasteiger partial charge in [0.1, 0.15) is 5.56 Å². The SMILES string of the molecule is Cc1ccc(C2(c3nc4c(C(F)(F)F)cccc4c(C(=O)O)c3O)CC2)cc1. The van der Waals surface area contributed by atoms with Crippen LogP contribution in [0.2, 0.25) is 0 Å². The Hall–Kier alpha value is -3.09. The molecule has 1 saturated carbocycles. The molecule has 0 saturated heterocycles. The molecule has 1 aromatic heterocycles. The largest absolute Gasteiger partial charge is 0.505 e. The van der Waals surface area contributed by atoms with Gasteiger partial charge in [0.25, 0.3) is 0 Å². The van der Waals surface area contributed by atoms with Crippen LogP contribution in [0.1, 0.15) is 45.6 Å². The predicted molar refractivity (Wildman–Crippen MR) is 96.6 cm³/mol. The van der Waals surface area contributed by atoms with E-state index in [9.17, 15) is 28.2 Å². The third kappa shape index (κ3) is 2.69. The molecule has 4 rings (SSSR count). The van der Waals surface area contributed by atoms with Crippen LogP contribution in [0.4, 0.5) is 13.2 Å². The molecule has 0 spiro atoms. The fourth-order valence-corrected chi connectivity index (χ4v) is 3.72. The summed E-state index contributed by atoms with van der Waals surface area (Å²) >= 11 is 0. The molecule has 28 heavy (non-hydrogen) atoms. The number of hydrogen-bond acceptors (Lipinski definition) is 3. The Labute approximate surface area is 158 Å². The molecule has 2 aromatic carbocycles. The van der Waals surface area contributed by atoms with E-state index < -0.39 is 40.0 Å². The maximum absolute atomic E-state index is 13.5. The number of nitrogens with zero attached hydrogens (tertiary/aromatic N) is 1. The first-order valence-electron chi connectivity index (χ1n) is 8.69. The summed E-state index contributed by atoms with van der Waals surface area (Å²) in [6, 6.07) is 10.6. The number of aromatic hydroxyl groups is 1. The lowest BCUT2D eigenvalue weighted by molar-refractivity contribution is -0.136. The van der Waals surface area contributed by atoms with E-state index in [1.807, 2.05) is 31.2 Å². The third-order valence-electron chi connectivity index (χ3n) is 5.32. The van der Waals surface area contributed by atoms with Crippen LogP contribution in [0.25, 0.3) is 10.9 Å². The summed E-state index contributed by atoms with van der Waals surface area (Å²) in [4.78, 5) is 16.0. The number of aromatic nitrogens is 1. The Kier molecular flexibility index (Phi) is 3.89. The fraction of sp³-hybridized carbons (Fsp3) is 0.238. The Bertz CT molecular complexity index is 1100. The minimum Gasteiger partial charge on any atom is -0.505 e. The number of benzene rings is 2. The number of fused-ring (bicyclic) bond motifs is 1. The van der Waals surface area contributed by atoms with Crippen LogP contribution in [-0.2, 0) is 11.6 Å². The second kappa shape index (κ2) is 5.95. The molecular formula is C21H16F3NO3. The van der Waals surface area contributed by atoms with Gasteiger partial charge in [-0.1, -0.05) is 42.0 Å². The molecule has 0 bridgehead atoms. The Balaban J connectivity index is 2.06. The molecule has 0 radical (unpaired) electrons. The number of carboxylic acid groups (broad SMARTS) is 1. The molecule has 7 heteroatoms. The molecule has 0 atom stereocenters. The number of carbonyl (C=O) groups is 1. The Morgan fingerprint density at radius 2 is 1.75 bits per heavy atom. The molecule has 1 aliphatic carbocycles. The summed E-state index contributed by atoms with van der Waals surface area (Å²) in [6.45, 7) is 1.91. The van der Waals surface area contributed by atoms with E-state index in [0.717, 1.165) is 23.3 Å². The van der Waals surface area contributed by atoms with Crippen LogP contribution in [0, 0.1) is 6.92 Å². The number of hydrogen-bond donors (Lipinski definition) is 2. The highest BCUT2D eigenvalue weighted by Gasteiger charge is 2.50. The zero-order valence-corrected chi connectivity index (χ0v) is 14.8. The number of rotatable bonds is 3. The molecule has 0 amide bonds. The van der Waals surface area contributed by atoms with Crippen LogP contribution in [0.3, 0.4) is 0 Å². The van der Waals surface area contributed by atoms with Gasteiger partial charge in [0, 0.05) is 10.8 Å². The van der Waals surface area contributed by atoms with Crippen molar-refractivity contribution >= 4 is 16.9 Å². The van der Waals surface area contributed by atoms with Crippen LogP contribution in [-0.4, -0.2) is 21.2 Å². The predicted octanol–water partition coefficient (Wildman–Crippen LogP) is 5.05. The van der Waals surface area contributed by atoms with Crippen LogP contribution >= 0.6 is 0 Å². The first-order chi connectivity index (χ1) is 13.1. The van der Waals surface area contributed by atoms with Gasteiger partial charge in [0.15, 0.2) is 5.75 Å². The lowest BCUT2D eigenvalue weighted by atomic mass is 9.88. The maximum atomic E-state index is 13.5. The smallest absolute Gasteiger partial charge is 0.418 e. The molecular weight excluding hydrogens is 371 g/mol. The van der Waals surface area contributed by atoms with Gasteiger partial charge in [-0.15, -0.1) is 0 Å². The molecule has 144 valence electrons. The number of aryl methyl sites for hydroxylation is 1. The number of para-hydroxylation sites is 1. The molecule has 0 aliphatic heterocycles. The van der Waals surface area contributed by atoms with E-state index in [4.69, 9.17) is 0 Å². The van der Waals surface area contributed by atoms with Gasteiger partial charge >= 0.3 is 12.1 Å². The molecule has 0 unspecified atom stereocenters. The monoisotopic (exact) mass is 387 g/mol. The number of aromatic carboxylic acids is 1. The van der Waals surface area contributed by atoms with Crippen molar-refractivity contribution in [2.45, 2.75) is 31.4 Å². The van der Waals surface area contributed by atoms with Crippen LogP contribution in [0.5, 0.6) is 5.75 Å². The highest BCUT2D eigenvalue weighted by atomic mass is 19.4. The van der Waals surface area contributed by atoms with Crippen molar-refractivity contribution in [1.82, 2.24) is 4.98 Å². The van der Waals surface area contributed by atoms with E-state index in [0.29, 0.717) is 12.8 Å². The van der Waals surface area contributed by atoms with Crippen LogP contribution in [0.15, 0.2) is 42.5 Å². The van der Waals surface area contributed by atoms with E-state index in [2.05, 4.69) is 4.98 Å². The molecule has 1 heterocycles. The second-order valence-corrected chi connectivity index (χ2v) is 7.14. The van der Waals surface area contributed by atoms with Gasteiger partial charge in [0.05, 0.1) is 16.8 Å². The highest BCUT2D eigenvalue weighted by molar-refractivity contribution is 6.06. The van der Waals surface area contributed by atoms with Gasteiger partial charge in [-0.3, -0.25) is 0 Å². The van der Waals surface area contributed by atoms with Crippen molar-refractivity contribution < 1.29 is 28.2 Å². The number of halogens is 3. The van der Waals surface area contributed by atoms with Crippen molar-refractivity contribution in [3.63, 3.8) is 0 Å². The summed E-state index contributed by atoms with van der Waals surface area (Å²) in [7, 11) is 0. The van der Waals surface area contributed by atoms with E-state index >= 15 is 0 Å². The average molecular weight is 387 g/mol. The molecule has 1 aliphatic rings. The van der Waals surface area contributed by atoms with Gasteiger partial charge < -0.3 is 10.2 Å². The van der Waals surface area contributed by atoms with Gasteiger partial charge in [-0.25, -0.2) is 9.78 Å². The van der Waals surface area contributed by atoms with Gasteiger partial charge in [-0.2, -0.15) is 13.2 Å². The van der Waals surface area contributed by atoms with Crippen molar-refractivity contribution in [2.24, 2.45) is 0 Å². The quantitative estimate of drug-likeness (QED) is 0.660. The number of alkyl halides is 3. The number of carboxylic acids is 1. The number of pyridine rings is 1. The second-order valence-electron chi connectivity index (χ2n) is 7.14. The summed E-state index contributed by atoms with van der Waals surface area (Å²) in [5.74, 6) is -2.07. The molecule has 1 fully saturated rings. The zero-order chi connectivity index (χ0) is 20.3.